The molecule has 1 aliphatic carbocycles. The minimum Gasteiger partial charge on any atom is -0.494 e. The van der Waals surface area contributed by atoms with Crippen LogP contribution in [0.1, 0.15) is 43.0 Å². The first-order valence-electron chi connectivity index (χ1n) is 7.27. The monoisotopic (exact) mass is 309 g/mol. The van der Waals surface area contributed by atoms with Crippen LogP contribution in [0.4, 0.5) is 4.39 Å². The van der Waals surface area contributed by atoms with Crippen molar-refractivity contribution >= 4 is 11.9 Å². The lowest BCUT2D eigenvalue weighted by Crippen LogP contribution is -2.56. The number of amides is 1. The van der Waals surface area contributed by atoms with Gasteiger partial charge in [-0.25, -0.2) is 9.18 Å². The molecule has 0 heterocycles. The summed E-state index contributed by atoms with van der Waals surface area (Å²) in [7, 11) is 1.31. The number of ether oxygens (including phenoxy) is 1. The maximum atomic E-state index is 13.4. The van der Waals surface area contributed by atoms with Crippen LogP contribution in [0.5, 0.6) is 5.75 Å². The van der Waals surface area contributed by atoms with Crippen LogP contribution in [0.3, 0.4) is 0 Å². The molecule has 2 rings (SSSR count). The van der Waals surface area contributed by atoms with Gasteiger partial charge >= 0.3 is 5.97 Å². The van der Waals surface area contributed by atoms with E-state index in [0.717, 1.165) is 18.9 Å². The van der Waals surface area contributed by atoms with Gasteiger partial charge in [0.15, 0.2) is 11.6 Å². The van der Waals surface area contributed by atoms with Gasteiger partial charge in [-0.1, -0.05) is 6.92 Å². The maximum absolute atomic E-state index is 13.4. The third-order valence-electron chi connectivity index (χ3n) is 4.30. The van der Waals surface area contributed by atoms with Crippen LogP contribution in [-0.4, -0.2) is 29.6 Å². The number of hydrogen-bond donors (Lipinski definition) is 2. The Bertz CT molecular complexity index is 580. The van der Waals surface area contributed by atoms with Crippen LogP contribution in [-0.2, 0) is 4.79 Å². The summed E-state index contributed by atoms with van der Waals surface area (Å²) in [4.78, 5) is 24.0. The number of carboxylic acids is 1. The summed E-state index contributed by atoms with van der Waals surface area (Å²) in [5, 5.41) is 12.1. The smallest absolute Gasteiger partial charge is 0.329 e. The lowest BCUT2D eigenvalue weighted by Gasteiger charge is -2.36. The first-order chi connectivity index (χ1) is 10.4. The van der Waals surface area contributed by atoms with Crippen LogP contribution >= 0.6 is 0 Å². The number of nitrogens with one attached hydrogen (secondary N) is 1. The first kappa shape index (κ1) is 16.3. The van der Waals surface area contributed by atoms with Crippen LogP contribution in [0, 0.1) is 11.7 Å². The topological polar surface area (TPSA) is 75.6 Å². The summed E-state index contributed by atoms with van der Waals surface area (Å²) in [6, 6.07) is 3.71. The summed E-state index contributed by atoms with van der Waals surface area (Å²) < 4.78 is 18.2. The van der Waals surface area contributed by atoms with Gasteiger partial charge in [-0.05, 0) is 49.8 Å². The molecular formula is C16H20FNO4. The second kappa shape index (κ2) is 6.34. The van der Waals surface area contributed by atoms with Crippen molar-refractivity contribution in [1.29, 1.82) is 0 Å². The molecule has 0 radical (unpaired) electrons. The highest BCUT2D eigenvalue weighted by molar-refractivity contribution is 5.98. The van der Waals surface area contributed by atoms with Crippen molar-refractivity contribution in [3.05, 3.63) is 29.6 Å². The van der Waals surface area contributed by atoms with E-state index in [1.165, 1.54) is 19.2 Å². The fourth-order valence-electron chi connectivity index (χ4n) is 2.74. The van der Waals surface area contributed by atoms with E-state index in [1.807, 2.05) is 0 Å². The highest BCUT2D eigenvalue weighted by atomic mass is 19.1. The highest BCUT2D eigenvalue weighted by Gasteiger charge is 2.42. The van der Waals surface area contributed by atoms with Gasteiger partial charge < -0.3 is 15.2 Å². The molecule has 120 valence electrons. The number of hydrogen-bond acceptors (Lipinski definition) is 3. The zero-order valence-corrected chi connectivity index (χ0v) is 12.7. The van der Waals surface area contributed by atoms with Crippen LogP contribution in [0.25, 0.3) is 0 Å². The Hall–Kier alpha value is -2.11. The van der Waals surface area contributed by atoms with Crippen molar-refractivity contribution in [2.45, 2.75) is 38.1 Å². The molecule has 6 heteroatoms. The third-order valence-corrected chi connectivity index (χ3v) is 4.30. The number of carbonyl (C=O) groups excluding carboxylic acids is 1. The second-order valence-corrected chi connectivity index (χ2v) is 5.87. The van der Waals surface area contributed by atoms with E-state index in [1.54, 1.807) is 0 Å². The number of rotatable bonds is 4. The maximum Gasteiger partial charge on any atom is 0.329 e. The molecule has 1 aromatic carbocycles. The molecular weight excluding hydrogens is 289 g/mol. The molecule has 0 unspecified atom stereocenters. The van der Waals surface area contributed by atoms with Crippen molar-refractivity contribution in [3.63, 3.8) is 0 Å². The number of aliphatic carboxylic acids is 1. The van der Waals surface area contributed by atoms with Gasteiger partial charge in [-0.2, -0.15) is 0 Å². The van der Waals surface area contributed by atoms with E-state index in [4.69, 9.17) is 4.74 Å². The largest absolute Gasteiger partial charge is 0.494 e. The molecule has 0 saturated heterocycles. The Morgan fingerprint density at radius 2 is 2.00 bits per heavy atom. The van der Waals surface area contributed by atoms with Gasteiger partial charge in [0.1, 0.15) is 5.54 Å². The average molecular weight is 309 g/mol. The van der Waals surface area contributed by atoms with Gasteiger partial charge in [0.05, 0.1) is 7.11 Å². The quantitative estimate of drug-likeness (QED) is 0.896. The second-order valence-electron chi connectivity index (χ2n) is 5.87. The minimum absolute atomic E-state index is 0.0470. The van der Waals surface area contributed by atoms with Crippen LogP contribution in [0.15, 0.2) is 18.2 Å². The first-order valence-corrected chi connectivity index (χ1v) is 7.27. The normalized spacial score (nSPS) is 24.6. The predicted molar refractivity (Wildman–Crippen MR) is 78.4 cm³/mol. The van der Waals surface area contributed by atoms with E-state index >= 15 is 0 Å². The molecule has 1 aliphatic rings. The zero-order valence-electron chi connectivity index (χ0n) is 12.7. The Labute approximate surface area is 128 Å². The van der Waals surface area contributed by atoms with Gasteiger partial charge in [-0.15, -0.1) is 0 Å². The summed E-state index contributed by atoms with van der Waals surface area (Å²) in [6.07, 6.45) is 2.29. The standard InChI is InChI=1S/C16H20FNO4/c1-10-5-7-16(8-6-10,15(20)21)18-14(19)11-3-4-12(17)13(9-11)22-2/h3-4,9-10H,5-8H2,1-2H3,(H,18,19)(H,20,21). The van der Waals surface area contributed by atoms with E-state index < -0.39 is 23.2 Å². The predicted octanol–water partition coefficient (Wildman–Crippen LogP) is 2.60. The third kappa shape index (κ3) is 3.21. The van der Waals surface area contributed by atoms with Crippen molar-refractivity contribution in [1.82, 2.24) is 5.32 Å². The summed E-state index contributed by atoms with van der Waals surface area (Å²) >= 11 is 0. The van der Waals surface area contributed by atoms with Crippen molar-refractivity contribution in [3.8, 4) is 5.75 Å². The fraction of sp³-hybridized carbons (Fsp3) is 0.500. The highest BCUT2D eigenvalue weighted by Crippen LogP contribution is 2.32. The van der Waals surface area contributed by atoms with Crippen LogP contribution in [0.2, 0.25) is 0 Å². The Morgan fingerprint density at radius 3 is 2.55 bits per heavy atom. The molecule has 1 aromatic rings. The lowest BCUT2D eigenvalue weighted by molar-refractivity contribution is -0.146. The SMILES string of the molecule is COc1cc(C(=O)NC2(C(=O)O)CCC(C)CC2)ccc1F. The molecule has 0 aromatic heterocycles. The number of carboxylic acid groups (broad SMARTS) is 1. The van der Waals surface area contributed by atoms with Gasteiger partial charge in [-0.3, -0.25) is 4.79 Å². The molecule has 0 aliphatic heterocycles. The summed E-state index contributed by atoms with van der Waals surface area (Å²) in [5.74, 6) is -1.72. The zero-order chi connectivity index (χ0) is 16.3. The van der Waals surface area contributed by atoms with Crippen LogP contribution < -0.4 is 10.1 Å². The number of methoxy groups -OCH3 is 1. The summed E-state index contributed by atoms with van der Waals surface area (Å²) in [5.41, 5.74) is -1.07. The molecule has 0 atom stereocenters. The Kier molecular flexibility index (Phi) is 4.68. The van der Waals surface area contributed by atoms with Crippen molar-refractivity contribution in [2.24, 2.45) is 5.92 Å². The lowest BCUT2D eigenvalue weighted by atomic mass is 9.77. The molecule has 22 heavy (non-hydrogen) atoms. The molecule has 1 fully saturated rings. The minimum atomic E-state index is -1.24. The molecule has 5 nitrogen and oxygen atoms in total. The van der Waals surface area contributed by atoms with Gasteiger partial charge in [0.25, 0.3) is 5.91 Å². The number of halogens is 1. The van der Waals surface area contributed by atoms with Gasteiger partial charge in [0, 0.05) is 5.56 Å². The summed E-state index contributed by atoms with van der Waals surface area (Å²) in [6.45, 7) is 2.07. The fourth-order valence-corrected chi connectivity index (χ4v) is 2.74. The van der Waals surface area contributed by atoms with E-state index in [0.29, 0.717) is 18.8 Å². The molecule has 1 saturated carbocycles. The van der Waals surface area contributed by atoms with Crippen molar-refractivity contribution in [2.75, 3.05) is 7.11 Å². The van der Waals surface area contributed by atoms with E-state index in [-0.39, 0.29) is 11.3 Å². The molecule has 0 bridgehead atoms. The van der Waals surface area contributed by atoms with Gasteiger partial charge in [0.2, 0.25) is 0 Å². The Morgan fingerprint density at radius 1 is 1.36 bits per heavy atom. The van der Waals surface area contributed by atoms with E-state index in [2.05, 4.69) is 12.2 Å². The molecule has 2 N–H and O–H groups in total. The average Bonchev–Trinajstić information content (AvgIpc) is 2.50. The van der Waals surface area contributed by atoms with Crippen molar-refractivity contribution < 1.29 is 23.8 Å². The molecule has 1 amide bonds. The van der Waals surface area contributed by atoms with E-state index in [9.17, 15) is 19.1 Å². The number of carbonyl (C=O) groups is 2. The Balaban J connectivity index is 2.20. The number of benzene rings is 1. The molecule has 0 spiro atoms.